The third-order valence-electron chi connectivity index (χ3n) is 3.46. The van der Waals surface area contributed by atoms with E-state index in [1.807, 2.05) is 24.3 Å². The van der Waals surface area contributed by atoms with Crippen molar-refractivity contribution in [3.63, 3.8) is 0 Å². The Balaban J connectivity index is 1.98. The van der Waals surface area contributed by atoms with Gasteiger partial charge >= 0.3 is 0 Å². The van der Waals surface area contributed by atoms with Crippen molar-refractivity contribution >= 4 is 17.5 Å². The second kappa shape index (κ2) is 5.29. The Kier molecular flexibility index (Phi) is 3.93. The van der Waals surface area contributed by atoms with Crippen LogP contribution in [0.1, 0.15) is 19.4 Å². The number of hydrogen-bond acceptors (Lipinski definition) is 2. The van der Waals surface area contributed by atoms with Gasteiger partial charge in [0.25, 0.3) is 0 Å². The van der Waals surface area contributed by atoms with Crippen molar-refractivity contribution in [2.45, 2.75) is 19.3 Å². The lowest BCUT2D eigenvalue weighted by atomic mass is 9.84. The van der Waals surface area contributed by atoms with Gasteiger partial charge in [0.15, 0.2) is 0 Å². The van der Waals surface area contributed by atoms with Gasteiger partial charge in [-0.15, -0.1) is 0 Å². The molecule has 1 aromatic carbocycles. The molecule has 1 aromatic rings. The average molecular weight is 267 g/mol. The van der Waals surface area contributed by atoms with Gasteiger partial charge in [0.1, 0.15) is 0 Å². The summed E-state index contributed by atoms with van der Waals surface area (Å²) in [5.74, 6) is 0.265. The zero-order valence-corrected chi connectivity index (χ0v) is 11.6. The second-order valence-electron chi connectivity index (χ2n) is 5.44. The molecule has 98 valence electrons. The summed E-state index contributed by atoms with van der Waals surface area (Å²) >= 11 is 6.20. The van der Waals surface area contributed by atoms with Crippen LogP contribution in [0.2, 0.25) is 5.02 Å². The molecule has 2 N–H and O–H groups in total. The molecule has 1 amide bonds. The third-order valence-corrected chi connectivity index (χ3v) is 3.79. The topological polar surface area (TPSA) is 41.1 Å². The van der Waals surface area contributed by atoms with Crippen LogP contribution in [0.15, 0.2) is 24.3 Å². The highest BCUT2D eigenvalue weighted by atomic mass is 35.5. The van der Waals surface area contributed by atoms with Crippen molar-refractivity contribution in [3.05, 3.63) is 34.9 Å². The van der Waals surface area contributed by atoms with Gasteiger partial charge in [0.05, 0.1) is 5.92 Å². The van der Waals surface area contributed by atoms with Crippen LogP contribution in [0.5, 0.6) is 0 Å². The van der Waals surface area contributed by atoms with Crippen molar-refractivity contribution in [1.29, 1.82) is 0 Å². The fraction of sp³-hybridized carbons (Fsp3) is 0.500. The van der Waals surface area contributed by atoms with Crippen molar-refractivity contribution in [1.82, 2.24) is 10.6 Å². The Hall–Kier alpha value is -1.06. The number of carbonyl (C=O) groups excluding carboxylic acids is 1. The number of hydrogen-bond donors (Lipinski definition) is 2. The van der Waals surface area contributed by atoms with Crippen LogP contribution in [0.25, 0.3) is 0 Å². The van der Waals surface area contributed by atoms with Crippen LogP contribution in [0, 0.1) is 5.92 Å². The molecule has 0 bridgehead atoms. The summed E-state index contributed by atoms with van der Waals surface area (Å²) in [6, 6.07) is 7.79. The third kappa shape index (κ3) is 2.85. The highest BCUT2D eigenvalue weighted by Gasteiger charge is 2.28. The van der Waals surface area contributed by atoms with E-state index >= 15 is 0 Å². The minimum atomic E-state index is -0.162. The van der Waals surface area contributed by atoms with E-state index in [0.717, 1.165) is 23.7 Å². The molecular weight excluding hydrogens is 248 g/mol. The monoisotopic (exact) mass is 266 g/mol. The number of halogens is 1. The molecule has 0 radical (unpaired) electrons. The summed E-state index contributed by atoms with van der Waals surface area (Å²) in [7, 11) is 0. The second-order valence-corrected chi connectivity index (χ2v) is 5.84. The minimum absolute atomic E-state index is 0.132. The van der Waals surface area contributed by atoms with Crippen molar-refractivity contribution in [2.24, 2.45) is 5.92 Å². The Morgan fingerprint density at radius 3 is 2.67 bits per heavy atom. The van der Waals surface area contributed by atoms with Crippen molar-refractivity contribution < 1.29 is 4.79 Å². The molecule has 3 nitrogen and oxygen atoms in total. The van der Waals surface area contributed by atoms with Gasteiger partial charge in [-0.05, 0) is 11.6 Å². The van der Waals surface area contributed by atoms with Crippen LogP contribution in [0.3, 0.4) is 0 Å². The zero-order chi connectivity index (χ0) is 13.2. The van der Waals surface area contributed by atoms with Gasteiger partial charge in [-0.1, -0.05) is 43.6 Å². The Morgan fingerprint density at radius 1 is 1.44 bits per heavy atom. The van der Waals surface area contributed by atoms with E-state index in [9.17, 15) is 4.79 Å². The summed E-state index contributed by atoms with van der Waals surface area (Å²) < 4.78 is 0. The molecule has 1 aliphatic heterocycles. The Bertz CT molecular complexity index is 441. The lowest BCUT2D eigenvalue weighted by Gasteiger charge is -2.30. The van der Waals surface area contributed by atoms with Gasteiger partial charge < -0.3 is 10.6 Å². The quantitative estimate of drug-likeness (QED) is 0.875. The van der Waals surface area contributed by atoms with Gasteiger partial charge in [-0.3, -0.25) is 4.79 Å². The van der Waals surface area contributed by atoms with Crippen molar-refractivity contribution in [3.8, 4) is 0 Å². The standard InChI is InChI=1S/C14H19ClN2O/c1-14(2,11-5-3-4-6-12(11)15)9-17-13(18)10-7-16-8-10/h3-6,10,16H,7-9H2,1-2H3,(H,17,18). The summed E-state index contributed by atoms with van der Waals surface area (Å²) in [6.07, 6.45) is 0. The van der Waals surface area contributed by atoms with Crippen LogP contribution >= 0.6 is 11.6 Å². The molecule has 0 atom stereocenters. The molecule has 0 spiro atoms. The highest BCUT2D eigenvalue weighted by molar-refractivity contribution is 6.31. The molecule has 0 unspecified atom stereocenters. The smallest absolute Gasteiger partial charge is 0.225 e. The first-order valence-corrected chi connectivity index (χ1v) is 6.62. The maximum atomic E-state index is 11.8. The first kappa shape index (κ1) is 13.4. The fourth-order valence-electron chi connectivity index (χ4n) is 2.03. The van der Waals surface area contributed by atoms with E-state index in [0.29, 0.717) is 6.54 Å². The van der Waals surface area contributed by atoms with Crippen LogP contribution in [-0.4, -0.2) is 25.5 Å². The molecule has 0 aliphatic carbocycles. The predicted octanol–water partition coefficient (Wildman–Crippen LogP) is 1.95. The molecule has 1 fully saturated rings. The molecule has 1 aliphatic rings. The summed E-state index contributed by atoms with van der Waals surface area (Å²) in [5, 5.41) is 6.86. The van der Waals surface area contributed by atoms with Gasteiger partial charge in [0, 0.05) is 30.1 Å². The average Bonchev–Trinajstić information content (AvgIpc) is 2.24. The van der Waals surface area contributed by atoms with Gasteiger partial charge in [0.2, 0.25) is 5.91 Å². The van der Waals surface area contributed by atoms with E-state index in [-0.39, 0.29) is 17.2 Å². The summed E-state index contributed by atoms with van der Waals surface area (Å²) in [5.41, 5.74) is 0.907. The Labute approximate surface area is 113 Å². The predicted molar refractivity (Wildman–Crippen MR) is 73.8 cm³/mol. The first-order valence-electron chi connectivity index (χ1n) is 6.24. The number of nitrogens with one attached hydrogen (secondary N) is 2. The SMILES string of the molecule is CC(C)(CNC(=O)C1CNC1)c1ccccc1Cl. The minimum Gasteiger partial charge on any atom is -0.355 e. The van der Waals surface area contributed by atoms with Crippen LogP contribution in [0.4, 0.5) is 0 Å². The molecule has 2 rings (SSSR count). The van der Waals surface area contributed by atoms with E-state index < -0.39 is 0 Å². The number of benzene rings is 1. The van der Waals surface area contributed by atoms with E-state index in [1.165, 1.54) is 0 Å². The van der Waals surface area contributed by atoms with E-state index in [2.05, 4.69) is 24.5 Å². The molecule has 0 aromatic heterocycles. The van der Waals surface area contributed by atoms with Gasteiger partial charge in [-0.2, -0.15) is 0 Å². The van der Waals surface area contributed by atoms with Crippen molar-refractivity contribution in [2.75, 3.05) is 19.6 Å². The molecular formula is C14H19ClN2O. The summed E-state index contributed by atoms with van der Waals surface area (Å²) in [6.45, 7) is 6.36. The van der Waals surface area contributed by atoms with E-state index in [1.54, 1.807) is 0 Å². The molecule has 18 heavy (non-hydrogen) atoms. The lowest BCUT2D eigenvalue weighted by Crippen LogP contribution is -2.52. The normalized spacial score (nSPS) is 16.2. The Morgan fingerprint density at radius 2 is 2.11 bits per heavy atom. The maximum absolute atomic E-state index is 11.8. The zero-order valence-electron chi connectivity index (χ0n) is 10.8. The molecule has 1 saturated heterocycles. The van der Waals surface area contributed by atoms with Crippen LogP contribution in [-0.2, 0) is 10.2 Å². The first-order chi connectivity index (χ1) is 8.50. The molecule has 1 heterocycles. The highest BCUT2D eigenvalue weighted by Crippen LogP contribution is 2.29. The largest absolute Gasteiger partial charge is 0.355 e. The van der Waals surface area contributed by atoms with E-state index in [4.69, 9.17) is 11.6 Å². The molecule has 0 saturated carbocycles. The van der Waals surface area contributed by atoms with Gasteiger partial charge in [-0.25, -0.2) is 0 Å². The number of amides is 1. The number of rotatable bonds is 4. The lowest BCUT2D eigenvalue weighted by molar-refractivity contribution is -0.126. The molecule has 4 heteroatoms. The summed E-state index contributed by atoms with van der Waals surface area (Å²) in [4.78, 5) is 11.8. The van der Waals surface area contributed by atoms with Crippen LogP contribution < -0.4 is 10.6 Å². The fourth-order valence-corrected chi connectivity index (χ4v) is 2.42. The maximum Gasteiger partial charge on any atom is 0.225 e. The number of carbonyl (C=O) groups is 1.